The van der Waals surface area contributed by atoms with Crippen molar-refractivity contribution >= 4 is 5.97 Å². The summed E-state index contributed by atoms with van der Waals surface area (Å²) in [7, 11) is 0. The van der Waals surface area contributed by atoms with E-state index in [1.165, 1.54) is 6.07 Å². The van der Waals surface area contributed by atoms with Crippen molar-refractivity contribution in [1.82, 2.24) is 0 Å². The largest absolute Gasteiger partial charge is 0.481 e. The van der Waals surface area contributed by atoms with Crippen molar-refractivity contribution in [3.8, 4) is 5.75 Å². The Kier molecular flexibility index (Phi) is 3.26. The van der Waals surface area contributed by atoms with Crippen LogP contribution in [0, 0.1) is 11.2 Å². The van der Waals surface area contributed by atoms with Gasteiger partial charge in [0.2, 0.25) is 0 Å². The standard InChI is InChI=1S/C13H15FO4/c1-13(2,12(15)16)5-8-9-6-17-7-18-11(9)4-3-10(8)14/h3-4H,5-7H2,1-2H3,(H,15,16). The number of benzene rings is 1. The van der Waals surface area contributed by atoms with Gasteiger partial charge in [-0.15, -0.1) is 0 Å². The van der Waals surface area contributed by atoms with E-state index in [-0.39, 0.29) is 19.8 Å². The molecular formula is C13H15FO4. The van der Waals surface area contributed by atoms with E-state index >= 15 is 0 Å². The van der Waals surface area contributed by atoms with Gasteiger partial charge in [-0.25, -0.2) is 4.39 Å². The molecule has 0 aromatic heterocycles. The third kappa shape index (κ3) is 2.31. The number of halogens is 1. The fraction of sp³-hybridized carbons (Fsp3) is 0.462. The first-order valence-electron chi connectivity index (χ1n) is 5.66. The van der Waals surface area contributed by atoms with Gasteiger partial charge in [0.25, 0.3) is 0 Å². The van der Waals surface area contributed by atoms with Crippen LogP contribution in [0.1, 0.15) is 25.0 Å². The van der Waals surface area contributed by atoms with Crippen LogP contribution in [0.4, 0.5) is 4.39 Å². The zero-order valence-corrected chi connectivity index (χ0v) is 10.3. The van der Waals surface area contributed by atoms with Crippen molar-refractivity contribution in [2.24, 2.45) is 5.41 Å². The molecule has 2 rings (SSSR count). The molecular weight excluding hydrogens is 239 g/mol. The molecule has 0 spiro atoms. The predicted molar refractivity (Wildman–Crippen MR) is 61.8 cm³/mol. The van der Waals surface area contributed by atoms with Gasteiger partial charge in [0.15, 0.2) is 6.79 Å². The lowest BCUT2D eigenvalue weighted by molar-refractivity contribution is -0.146. The van der Waals surface area contributed by atoms with Gasteiger partial charge in [0.05, 0.1) is 12.0 Å². The number of hydrogen-bond donors (Lipinski definition) is 1. The second-order valence-corrected chi connectivity index (χ2v) is 4.98. The van der Waals surface area contributed by atoms with E-state index in [4.69, 9.17) is 14.6 Å². The number of carboxylic acid groups (broad SMARTS) is 1. The lowest BCUT2D eigenvalue weighted by Crippen LogP contribution is -2.28. The minimum Gasteiger partial charge on any atom is -0.481 e. The molecule has 1 aliphatic heterocycles. The normalized spacial score (nSPS) is 14.8. The average Bonchev–Trinajstić information content (AvgIpc) is 2.32. The maximum absolute atomic E-state index is 13.9. The highest BCUT2D eigenvalue weighted by Gasteiger charge is 2.31. The Bertz CT molecular complexity index is 482. The quantitative estimate of drug-likeness (QED) is 0.899. The van der Waals surface area contributed by atoms with Crippen LogP contribution in [-0.4, -0.2) is 17.9 Å². The van der Waals surface area contributed by atoms with E-state index in [1.54, 1.807) is 19.9 Å². The molecule has 18 heavy (non-hydrogen) atoms. The number of carbonyl (C=O) groups is 1. The molecule has 1 aliphatic rings. The minimum absolute atomic E-state index is 0.101. The molecule has 5 heteroatoms. The predicted octanol–water partition coefficient (Wildman–Crippen LogP) is 2.35. The number of carboxylic acids is 1. The molecule has 1 aromatic carbocycles. The van der Waals surface area contributed by atoms with Crippen LogP contribution < -0.4 is 4.74 Å². The molecule has 0 bridgehead atoms. The third-order valence-corrected chi connectivity index (χ3v) is 3.07. The van der Waals surface area contributed by atoms with Crippen molar-refractivity contribution in [3.63, 3.8) is 0 Å². The van der Waals surface area contributed by atoms with Crippen LogP contribution in [0.3, 0.4) is 0 Å². The fourth-order valence-corrected chi connectivity index (χ4v) is 1.89. The van der Waals surface area contributed by atoms with Crippen molar-refractivity contribution < 1.29 is 23.8 Å². The molecule has 0 amide bonds. The summed E-state index contributed by atoms with van der Waals surface area (Å²) in [5.41, 5.74) is -0.0666. The number of fused-ring (bicyclic) bond motifs is 1. The van der Waals surface area contributed by atoms with Crippen molar-refractivity contribution in [2.45, 2.75) is 26.9 Å². The zero-order chi connectivity index (χ0) is 13.3. The Labute approximate surface area is 104 Å². The van der Waals surface area contributed by atoms with Gasteiger partial charge >= 0.3 is 5.97 Å². The molecule has 98 valence electrons. The van der Waals surface area contributed by atoms with Crippen molar-refractivity contribution in [1.29, 1.82) is 0 Å². The molecule has 0 atom stereocenters. The first-order chi connectivity index (χ1) is 8.42. The highest BCUT2D eigenvalue weighted by Crippen LogP contribution is 2.33. The van der Waals surface area contributed by atoms with E-state index in [0.717, 1.165) is 0 Å². The second-order valence-electron chi connectivity index (χ2n) is 4.98. The summed E-state index contributed by atoms with van der Waals surface area (Å²) in [6, 6.07) is 2.85. The van der Waals surface area contributed by atoms with Gasteiger partial charge in [0.1, 0.15) is 11.6 Å². The first-order valence-corrected chi connectivity index (χ1v) is 5.66. The maximum atomic E-state index is 13.9. The molecule has 0 fully saturated rings. The van der Waals surface area contributed by atoms with Gasteiger partial charge in [0, 0.05) is 5.56 Å². The Morgan fingerprint density at radius 3 is 2.89 bits per heavy atom. The van der Waals surface area contributed by atoms with Gasteiger partial charge in [-0.3, -0.25) is 4.79 Å². The Morgan fingerprint density at radius 2 is 2.22 bits per heavy atom. The Morgan fingerprint density at radius 1 is 1.50 bits per heavy atom. The van der Waals surface area contributed by atoms with Crippen LogP contribution in [-0.2, 0) is 22.6 Å². The van der Waals surface area contributed by atoms with Crippen molar-refractivity contribution in [2.75, 3.05) is 6.79 Å². The second kappa shape index (κ2) is 4.57. The lowest BCUT2D eigenvalue weighted by Gasteiger charge is -2.25. The molecule has 1 heterocycles. The van der Waals surface area contributed by atoms with Gasteiger partial charge in [-0.05, 0) is 38.0 Å². The monoisotopic (exact) mass is 254 g/mol. The molecule has 0 unspecified atom stereocenters. The Balaban J connectivity index is 2.41. The summed E-state index contributed by atoms with van der Waals surface area (Å²) in [5, 5.41) is 9.11. The van der Waals surface area contributed by atoms with Gasteiger partial charge < -0.3 is 14.6 Å². The minimum atomic E-state index is -1.03. The molecule has 1 N–H and O–H groups in total. The van der Waals surface area contributed by atoms with Crippen LogP contribution in [0.25, 0.3) is 0 Å². The number of aliphatic carboxylic acids is 1. The fourth-order valence-electron chi connectivity index (χ4n) is 1.89. The van der Waals surface area contributed by atoms with Crippen LogP contribution in [0.2, 0.25) is 0 Å². The van der Waals surface area contributed by atoms with E-state index in [1.807, 2.05) is 0 Å². The summed E-state index contributed by atoms with van der Waals surface area (Å²) in [5.74, 6) is -0.812. The molecule has 1 aromatic rings. The van der Waals surface area contributed by atoms with E-state index < -0.39 is 17.2 Å². The summed E-state index contributed by atoms with van der Waals surface area (Å²) in [6.07, 6.45) is 0.101. The third-order valence-electron chi connectivity index (χ3n) is 3.07. The smallest absolute Gasteiger partial charge is 0.309 e. The lowest BCUT2D eigenvalue weighted by atomic mass is 9.84. The molecule has 0 aliphatic carbocycles. The van der Waals surface area contributed by atoms with Gasteiger partial charge in [-0.2, -0.15) is 0 Å². The Hall–Kier alpha value is -1.62. The van der Waals surface area contributed by atoms with Gasteiger partial charge in [-0.1, -0.05) is 0 Å². The van der Waals surface area contributed by atoms with E-state index in [2.05, 4.69) is 0 Å². The van der Waals surface area contributed by atoms with Crippen LogP contribution in [0.15, 0.2) is 12.1 Å². The summed E-state index contributed by atoms with van der Waals surface area (Å²) < 4.78 is 24.3. The molecule has 4 nitrogen and oxygen atoms in total. The summed E-state index contributed by atoms with van der Waals surface area (Å²) in [4.78, 5) is 11.1. The highest BCUT2D eigenvalue weighted by molar-refractivity contribution is 5.74. The molecule has 0 saturated carbocycles. The SMILES string of the molecule is CC(C)(Cc1c(F)ccc2c1COCO2)C(=O)O. The van der Waals surface area contributed by atoms with E-state index in [9.17, 15) is 9.18 Å². The number of rotatable bonds is 3. The van der Waals surface area contributed by atoms with Crippen LogP contribution in [0.5, 0.6) is 5.75 Å². The topological polar surface area (TPSA) is 55.8 Å². The summed E-state index contributed by atoms with van der Waals surface area (Å²) >= 11 is 0. The number of ether oxygens (including phenoxy) is 2. The molecule has 0 radical (unpaired) electrons. The van der Waals surface area contributed by atoms with Crippen LogP contribution >= 0.6 is 0 Å². The van der Waals surface area contributed by atoms with Crippen molar-refractivity contribution in [3.05, 3.63) is 29.1 Å². The first kappa shape index (κ1) is 12.8. The van der Waals surface area contributed by atoms with E-state index in [0.29, 0.717) is 16.9 Å². The maximum Gasteiger partial charge on any atom is 0.309 e. The highest BCUT2D eigenvalue weighted by atomic mass is 19.1. The zero-order valence-electron chi connectivity index (χ0n) is 10.3. The average molecular weight is 254 g/mol. The summed E-state index contributed by atoms with van der Waals surface area (Å²) in [6.45, 7) is 3.52. The molecule has 0 saturated heterocycles. The number of hydrogen-bond acceptors (Lipinski definition) is 3.